The van der Waals surface area contributed by atoms with E-state index >= 15 is 0 Å². The molecule has 0 amide bonds. The summed E-state index contributed by atoms with van der Waals surface area (Å²) in [7, 11) is 0. The van der Waals surface area contributed by atoms with Gasteiger partial charge < -0.3 is 30.4 Å². The number of nitrogens with zero attached hydrogens (tertiary/aromatic N) is 7. The minimum Gasteiger partial charge on any atom is -0.512 e. The number of hydrogen-bond donors (Lipinski definition) is 4. The molecule has 0 spiro atoms. The third-order valence-corrected chi connectivity index (χ3v) is 17.7. The number of fused-ring (bicyclic) bond motifs is 5. The van der Waals surface area contributed by atoms with Crippen molar-refractivity contribution in [3.05, 3.63) is 417 Å². The fourth-order valence-electron chi connectivity index (χ4n) is 12.3. The minimum atomic E-state index is -0.125. The van der Waals surface area contributed by atoms with Crippen molar-refractivity contribution in [2.24, 2.45) is 0 Å². The number of pyridine rings is 3. The SMILES string of the molecule is CC(=O)C=C(C)O.CC(=O)C=C(C)O.CC(=O)C=C(C)O.CC(=O)C=C(C)O.CC(C)(C)c1c[c-]c(-c2nccc3ccccc23)cc1.[Ir].[Ir].[Ir].[Ir].[Ir].[c-]1ccccc1.[c-]1ccccc1-c1ccc2ccccc2n1.[c-]1ccccc1-c1nc2c(nc1-c1ccccc1)CCCC2.[c-]1ccccc1-c1nccc2ccccc12.c1ccc(-c2cnc3ccccc3n2)cc1. The molecule has 16 aromatic rings. The van der Waals surface area contributed by atoms with Gasteiger partial charge in [-0.1, -0.05) is 172 Å². The van der Waals surface area contributed by atoms with Crippen LogP contribution in [0.25, 0.3) is 111 Å². The summed E-state index contributed by atoms with van der Waals surface area (Å²) in [5, 5.41) is 39.4. The number of aliphatic hydroxyl groups is 4. The number of carbonyl (C=O) groups excluding carboxylic acids is 4. The molecule has 1 aliphatic rings. The molecule has 129 heavy (non-hydrogen) atoms. The first-order chi connectivity index (χ1) is 59.8. The summed E-state index contributed by atoms with van der Waals surface area (Å²) in [4.78, 5) is 72.6. The Bertz CT molecular complexity index is 5850. The van der Waals surface area contributed by atoms with Crippen molar-refractivity contribution in [3.8, 4) is 67.5 Å². The van der Waals surface area contributed by atoms with Crippen LogP contribution in [0.1, 0.15) is 106 Å². The molecule has 0 bridgehead atoms. The van der Waals surface area contributed by atoms with Gasteiger partial charge in [0.25, 0.3) is 0 Å². The van der Waals surface area contributed by atoms with E-state index in [1.807, 2.05) is 225 Å². The van der Waals surface area contributed by atoms with E-state index in [9.17, 15) is 19.2 Å². The molecule has 0 saturated carbocycles. The van der Waals surface area contributed by atoms with Crippen molar-refractivity contribution in [3.63, 3.8) is 0 Å². The Labute approximate surface area is 825 Å². The van der Waals surface area contributed by atoms with Crippen molar-refractivity contribution < 1.29 is 140 Å². The second-order valence-corrected chi connectivity index (χ2v) is 29.4. The third-order valence-electron chi connectivity index (χ3n) is 17.7. The molecule has 4 N–H and O–H groups in total. The van der Waals surface area contributed by atoms with Crippen LogP contribution in [-0.4, -0.2) is 78.4 Å². The largest absolute Gasteiger partial charge is 0.512 e. The standard InChI is InChI=1S/C20H17N2.C19H18N.2C15H10N.C14H10N2.C6H5.4C5H8O2.5Ir/c1-3-9-15(10-4-1)19-20(16-11-5-2-6-12-16)22-18-14-8-7-13-17(18)21-19;1-19(2,3)16-10-8-15(9-11-16)18-17-7-5-4-6-14(17)12-13-20-18;1-2-7-13(8-3-1)15-14-9-5-4-6-12(14)10-11-16-15;1-2-6-12(7-3-1)15-11-10-13-8-4-5-9-14(13)16-15;1-2-6-11(7-3-1)14-10-15-12-8-4-5-9-13(12)16-14;1-2-4-6-5-3-1;4*1-4(6)3-5(2)7;;;;;/h1-6,9-11H,7-8,13-14H2;4-8,10-13H,1-3H3;1-7,9-11H;1-6,8-11H;1-10H;1-5H;4*3,6H,1-2H3;;;;;/q4*-1;;-1;;;;;;;;;. The number of aryl methyl sites for hydroxylation is 2. The molecule has 17 rings (SSSR count). The summed E-state index contributed by atoms with van der Waals surface area (Å²) in [6.45, 7) is 18.0. The van der Waals surface area contributed by atoms with Crippen molar-refractivity contribution in [2.45, 2.75) is 107 Å². The minimum absolute atomic E-state index is 0. The average Bonchev–Trinajstić information content (AvgIpc) is 0.782. The van der Waals surface area contributed by atoms with Crippen molar-refractivity contribution in [1.82, 2.24) is 34.9 Å². The van der Waals surface area contributed by atoms with Gasteiger partial charge in [0.2, 0.25) is 0 Å². The number of allylic oxidation sites excluding steroid dienone is 8. The summed E-state index contributed by atoms with van der Waals surface area (Å²) >= 11 is 0. The van der Waals surface area contributed by atoms with Crippen LogP contribution in [0.5, 0.6) is 0 Å². The van der Waals surface area contributed by atoms with Gasteiger partial charge in [0, 0.05) is 148 Å². The summed E-state index contributed by atoms with van der Waals surface area (Å²) in [6.07, 6.45) is 14.7. The molecule has 5 radical (unpaired) electrons. The third kappa shape index (κ3) is 39.7. The maximum atomic E-state index is 10.0. The second-order valence-electron chi connectivity index (χ2n) is 29.4. The van der Waals surface area contributed by atoms with E-state index in [0.717, 1.165) is 103 Å². The number of carbonyl (C=O) groups is 4. The average molecular weight is 2600 g/mol. The van der Waals surface area contributed by atoms with Crippen LogP contribution in [0, 0.1) is 30.3 Å². The quantitative estimate of drug-likeness (QED) is 0.0566. The number of rotatable bonds is 10. The monoisotopic (exact) mass is 2600 g/mol. The van der Waals surface area contributed by atoms with E-state index in [1.54, 1.807) is 0 Å². The second kappa shape index (κ2) is 60.1. The van der Waals surface area contributed by atoms with Gasteiger partial charge in [-0.15, -0.1) is 143 Å². The number of ketones is 4. The molecule has 20 heteroatoms. The molecular formula is C109H102Ir5N7O8-5. The Morgan fingerprint density at radius 1 is 0.318 bits per heavy atom. The summed E-state index contributed by atoms with van der Waals surface area (Å²) < 4.78 is 0. The number of para-hydroxylation sites is 3. The molecule has 11 aromatic carbocycles. The van der Waals surface area contributed by atoms with Crippen LogP contribution in [0.4, 0.5) is 0 Å². The molecule has 671 valence electrons. The first-order valence-corrected chi connectivity index (χ1v) is 40.4. The Hall–Kier alpha value is -11.8. The van der Waals surface area contributed by atoms with Crippen molar-refractivity contribution in [2.75, 3.05) is 0 Å². The van der Waals surface area contributed by atoms with Gasteiger partial charge in [-0.25, -0.2) is 4.98 Å². The summed E-state index contributed by atoms with van der Waals surface area (Å²) in [5.41, 5.74) is 18.9. The van der Waals surface area contributed by atoms with Gasteiger partial charge in [-0.3, -0.25) is 39.1 Å². The van der Waals surface area contributed by atoms with Gasteiger partial charge in [0.1, 0.15) is 0 Å². The van der Waals surface area contributed by atoms with E-state index in [-0.39, 0.29) is 152 Å². The number of aliphatic hydroxyl groups excluding tert-OH is 4. The Morgan fingerprint density at radius 2 is 0.690 bits per heavy atom. The molecule has 0 fully saturated rings. The number of aromatic nitrogens is 7. The molecule has 5 heterocycles. The van der Waals surface area contributed by atoms with Crippen LogP contribution in [0.15, 0.2) is 369 Å². The smallest absolute Gasteiger partial charge is 0.155 e. The van der Waals surface area contributed by atoms with Gasteiger partial charge in [0.05, 0.1) is 68.6 Å². The zero-order valence-corrected chi connectivity index (χ0v) is 85.4. The maximum Gasteiger partial charge on any atom is 0.155 e. The first kappa shape index (κ1) is 111. The molecular weight excluding hydrogens is 2500 g/mol. The van der Waals surface area contributed by atoms with Crippen LogP contribution in [0.3, 0.4) is 0 Å². The predicted molar refractivity (Wildman–Crippen MR) is 504 cm³/mol. The van der Waals surface area contributed by atoms with Crippen molar-refractivity contribution >= 4 is 66.6 Å². The molecule has 5 aromatic heterocycles. The zero-order valence-electron chi connectivity index (χ0n) is 73.5. The van der Waals surface area contributed by atoms with E-state index in [2.05, 4.69) is 173 Å². The molecule has 0 saturated heterocycles. The topological polar surface area (TPSA) is 239 Å². The summed E-state index contributed by atoms with van der Waals surface area (Å²) in [6, 6.07) is 117. The fourth-order valence-corrected chi connectivity index (χ4v) is 12.3. The number of benzene rings is 11. The van der Waals surface area contributed by atoms with Crippen LogP contribution >= 0.6 is 0 Å². The number of hydrogen-bond acceptors (Lipinski definition) is 15. The van der Waals surface area contributed by atoms with Crippen molar-refractivity contribution in [1.29, 1.82) is 0 Å². The molecule has 0 unspecified atom stereocenters. The predicted octanol–water partition coefficient (Wildman–Crippen LogP) is 25.8. The molecule has 0 atom stereocenters. The molecule has 0 aliphatic heterocycles. The Morgan fingerprint density at radius 3 is 1.09 bits per heavy atom. The Kier molecular flexibility index (Phi) is 51.8. The van der Waals surface area contributed by atoms with Crippen LogP contribution < -0.4 is 0 Å². The molecule has 1 aliphatic carbocycles. The Balaban J connectivity index is 0.000000380. The van der Waals surface area contributed by atoms with E-state index < -0.39 is 0 Å². The van der Waals surface area contributed by atoms with Gasteiger partial charge in [0.15, 0.2) is 23.1 Å². The zero-order chi connectivity index (χ0) is 89.0. The van der Waals surface area contributed by atoms with Crippen LogP contribution in [-0.2, 0) is 138 Å². The summed E-state index contributed by atoms with van der Waals surface area (Å²) in [5.74, 6) is -0.250. The normalized spacial score (nSPS) is 10.9. The maximum absolute atomic E-state index is 10.0. The first-order valence-electron chi connectivity index (χ1n) is 40.4. The van der Waals surface area contributed by atoms with Crippen LogP contribution in [0.2, 0.25) is 0 Å². The molecule has 15 nitrogen and oxygen atoms in total. The van der Waals surface area contributed by atoms with Gasteiger partial charge >= 0.3 is 0 Å². The fraction of sp³-hybridized carbons (Fsp3) is 0.147. The van der Waals surface area contributed by atoms with E-state index in [1.165, 1.54) is 131 Å². The van der Waals surface area contributed by atoms with E-state index in [4.69, 9.17) is 30.4 Å². The van der Waals surface area contributed by atoms with E-state index in [0.29, 0.717) is 0 Å². The van der Waals surface area contributed by atoms with Gasteiger partial charge in [-0.2, -0.15) is 36.4 Å². The van der Waals surface area contributed by atoms with Gasteiger partial charge in [-0.05, 0) is 166 Å².